The van der Waals surface area contributed by atoms with Crippen LogP contribution in [0.2, 0.25) is 0 Å². The summed E-state index contributed by atoms with van der Waals surface area (Å²) >= 11 is 0. The second-order valence-corrected chi connectivity index (χ2v) is 3.99. The summed E-state index contributed by atoms with van der Waals surface area (Å²) in [6, 6.07) is 0. The molecule has 0 aromatic heterocycles. The molecule has 2 aliphatic rings. The summed E-state index contributed by atoms with van der Waals surface area (Å²) in [6.07, 6.45) is 18.4. The largest absolute Gasteiger partial charge is 0.358 e. The van der Waals surface area contributed by atoms with E-state index in [4.69, 9.17) is 0 Å². The summed E-state index contributed by atoms with van der Waals surface area (Å²) in [5.74, 6) is 1.10. The molecular formula is C14H25Ir-. The van der Waals surface area contributed by atoms with Crippen LogP contribution in [-0.4, -0.2) is 0 Å². The van der Waals surface area contributed by atoms with Gasteiger partial charge in [0.15, 0.2) is 0 Å². The Kier molecular flexibility index (Phi) is 14.3. The standard InChI is InChI=1S/C7H14.C6H8.CH3.Ir/c1-2-7-5-3-4-6-7;1-2-4-6-5-3-1;;/h7H,2-6H2,1H3;1-4H,5-6H2;1H3;/q;;-1;. The van der Waals surface area contributed by atoms with Gasteiger partial charge in [0.05, 0.1) is 0 Å². The third-order valence-corrected chi connectivity index (χ3v) is 2.94. The minimum Gasteiger partial charge on any atom is -0.358 e. The number of allylic oxidation sites excluding steroid dienone is 4. The van der Waals surface area contributed by atoms with Crippen LogP contribution in [0.25, 0.3) is 0 Å². The minimum atomic E-state index is 0. The summed E-state index contributed by atoms with van der Waals surface area (Å²) in [4.78, 5) is 0. The first kappa shape index (κ1) is 17.5. The van der Waals surface area contributed by atoms with Crippen molar-refractivity contribution in [1.29, 1.82) is 0 Å². The van der Waals surface area contributed by atoms with Crippen molar-refractivity contribution in [2.45, 2.75) is 51.9 Å². The molecule has 2 aliphatic carbocycles. The molecule has 0 aromatic rings. The molecule has 2 rings (SSSR count). The summed E-state index contributed by atoms with van der Waals surface area (Å²) < 4.78 is 0. The van der Waals surface area contributed by atoms with E-state index in [0.717, 1.165) is 5.92 Å². The first-order valence-corrected chi connectivity index (χ1v) is 5.75. The molecule has 0 aromatic carbocycles. The molecule has 1 fully saturated rings. The van der Waals surface area contributed by atoms with Crippen LogP contribution in [0.15, 0.2) is 24.3 Å². The zero-order valence-corrected chi connectivity index (χ0v) is 12.6. The maximum absolute atomic E-state index is 2.30. The zero-order chi connectivity index (χ0) is 9.36. The molecule has 0 N–H and O–H groups in total. The molecule has 0 bridgehead atoms. The van der Waals surface area contributed by atoms with Crippen LogP contribution in [0.5, 0.6) is 0 Å². The summed E-state index contributed by atoms with van der Waals surface area (Å²) in [7, 11) is 0. The number of hydrogen-bond donors (Lipinski definition) is 0. The van der Waals surface area contributed by atoms with Crippen molar-refractivity contribution in [3.8, 4) is 0 Å². The van der Waals surface area contributed by atoms with Crippen molar-refractivity contribution in [3.63, 3.8) is 0 Å². The summed E-state index contributed by atoms with van der Waals surface area (Å²) in [6.45, 7) is 2.30. The average Bonchev–Trinajstić information content (AvgIpc) is 2.74. The third-order valence-electron chi connectivity index (χ3n) is 2.94. The predicted octanol–water partition coefficient (Wildman–Crippen LogP) is 4.93. The van der Waals surface area contributed by atoms with Gasteiger partial charge in [0.25, 0.3) is 0 Å². The van der Waals surface area contributed by atoms with Crippen molar-refractivity contribution in [3.05, 3.63) is 31.7 Å². The fourth-order valence-corrected chi connectivity index (χ4v) is 1.96. The molecule has 1 radical (unpaired) electrons. The van der Waals surface area contributed by atoms with Gasteiger partial charge in [-0.2, -0.15) is 0 Å². The van der Waals surface area contributed by atoms with Gasteiger partial charge in [0.1, 0.15) is 0 Å². The van der Waals surface area contributed by atoms with Crippen LogP contribution in [0.3, 0.4) is 0 Å². The van der Waals surface area contributed by atoms with E-state index in [9.17, 15) is 0 Å². The van der Waals surface area contributed by atoms with Gasteiger partial charge >= 0.3 is 0 Å². The average molecular weight is 386 g/mol. The molecule has 0 nitrogen and oxygen atoms in total. The van der Waals surface area contributed by atoms with E-state index in [1.807, 2.05) is 0 Å². The van der Waals surface area contributed by atoms with Crippen LogP contribution in [0, 0.1) is 13.3 Å². The van der Waals surface area contributed by atoms with E-state index in [0.29, 0.717) is 0 Å². The molecule has 0 unspecified atom stereocenters. The normalized spacial score (nSPS) is 18.5. The van der Waals surface area contributed by atoms with E-state index in [1.165, 1.54) is 44.9 Å². The first-order valence-electron chi connectivity index (χ1n) is 5.75. The molecule has 0 heterocycles. The van der Waals surface area contributed by atoms with Gasteiger partial charge < -0.3 is 7.43 Å². The Balaban J connectivity index is 0. The molecule has 91 valence electrons. The van der Waals surface area contributed by atoms with Gasteiger partial charge in [0, 0.05) is 20.1 Å². The van der Waals surface area contributed by atoms with Crippen molar-refractivity contribution >= 4 is 0 Å². The first-order chi connectivity index (χ1) is 6.43. The second kappa shape index (κ2) is 12.2. The molecule has 1 heteroatoms. The van der Waals surface area contributed by atoms with Crippen molar-refractivity contribution < 1.29 is 20.1 Å². The van der Waals surface area contributed by atoms with Crippen LogP contribution in [0.4, 0.5) is 0 Å². The molecule has 0 spiro atoms. The summed E-state index contributed by atoms with van der Waals surface area (Å²) in [5.41, 5.74) is 0. The Morgan fingerprint density at radius 1 is 1.00 bits per heavy atom. The van der Waals surface area contributed by atoms with Gasteiger partial charge in [-0.25, -0.2) is 0 Å². The number of rotatable bonds is 1. The van der Waals surface area contributed by atoms with E-state index >= 15 is 0 Å². The van der Waals surface area contributed by atoms with Gasteiger partial charge in [-0.1, -0.05) is 63.3 Å². The molecular weight excluding hydrogens is 360 g/mol. The topological polar surface area (TPSA) is 0 Å². The maximum Gasteiger partial charge on any atom is 0 e. The van der Waals surface area contributed by atoms with Crippen LogP contribution in [0.1, 0.15) is 51.9 Å². The Morgan fingerprint density at radius 2 is 1.47 bits per heavy atom. The van der Waals surface area contributed by atoms with Gasteiger partial charge in [0.2, 0.25) is 0 Å². The molecule has 0 saturated heterocycles. The Morgan fingerprint density at radius 3 is 1.67 bits per heavy atom. The molecule has 15 heavy (non-hydrogen) atoms. The monoisotopic (exact) mass is 386 g/mol. The fraction of sp³-hybridized carbons (Fsp3) is 0.643. The predicted molar refractivity (Wildman–Crippen MR) is 66.2 cm³/mol. The smallest absolute Gasteiger partial charge is 0 e. The third kappa shape index (κ3) is 9.08. The maximum atomic E-state index is 2.30. The van der Waals surface area contributed by atoms with Gasteiger partial charge in [-0.3, -0.25) is 0 Å². The quantitative estimate of drug-likeness (QED) is 0.562. The Labute approximate surface area is 110 Å². The molecule has 0 atom stereocenters. The second-order valence-electron chi connectivity index (χ2n) is 3.99. The van der Waals surface area contributed by atoms with E-state index < -0.39 is 0 Å². The van der Waals surface area contributed by atoms with Crippen LogP contribution in [-0.2, 0) is 20.1 Å². The Hall–Kier alpha value is 0.129. The zero-order valence-electron chi connectivity index (χ0n) is 10.2. The van der Waals surface area contributed by atoms with Crippen LogP contribution >= 0.6 is 0 Å². The SMILES string of the molecule is C1=CCCC=C1.CCC1CCCC1.[CH3-].[Ir]. The van der Waals surface area contributed by atoms with E-state index in [1.54, 1.807) is 0 Å². The molecule has 0 amide bonds. The van der Waals surface area contributed by atoms with Crippen LogP contribution < -0.4 is 0 Å². The number of hydrogen-bond acceptors (Lipinski definition) is 0. The van der Waals surface area contributed by atoms with Crippen molar-refractivity contribution in [2.75, 3.05) is 0 Å². The molecule has 0 aliphatic heterocycles. The van der Waals surface area contributed by atoms with E-state index in [-0.39, 0.29) is 27.5 Å². The van der Waals surface area contributed by atoms with E-state index in [2.05, 4.69) is 31.2 Å². The Bertz CT molecular complexity index is 152. The van der Waals surface area contributed by atoms with Crippen molar-refractivity contribution in [2.24, 2.45) is 5.92 Å². The molecule has 1 saturated carbocycles. The fourth-order valence-electron chi connectivity index (χ4n) is 1.96. The van der Waals surface area contributed by atoms with Crippen molar-refractivity contribution in [1.82, 2.24) is 0 Å². The van der Waals surface area contributed by atoms with Gasteiger partial charge in [-0.15, -0.1) is 0 Å². The summed E-state index contributed by atoms with van der Waals surface area (Å²) in [5, 5.41) is 0. The van der Waals surface area contributed by atoms with Gasteiger partial charge in [-0.05, 0) is 18.8 Å². The minimum absolute atomic E-state index is 0.